The summed E-state index contributed by atoms with van der Waals surface area (Å²) in [6, 6.07) is 9.34. The fourth-order valence-electron chi connectivity index (χ4n) is 3.75. The van der Waals surface area contributed by atoms with Crippen LogP contribution in [-0.2, 0) is 13.6 Å². The summed E-state index contributed by atoms with van der Waals surface area (Å²) >= 11 is 0. The molecule has 0 aliphatic heterocycles. The molecule has 0 aliphatic carbocycles. The van der Waals surface area contributed by atoms with E-state index in [9.17, 15) is 0 Å². The SMILES string of the molecule is CN(C)Cc1cncc(-c2ccc3c(c(-c4nc5ncccc5[nH]4)nn3C)c2F)c1. The molecule has 0 radical (unpaired) electrons. The summed E-state index contributed by atoms with van der Waals surface area (Å²) in [5.74, 6) is 0.151. The number of aromatic nitrogens is 6. The number of fused-ring (bicyclic) bond motifs is 2. The molecular formula is C22H20FN7. The number of pyridine rings is 2. The highest BCUT2D eigenvalue weighted by atomic mass is 19.1. The topological polar surface area (TPSA) is 75.5 Å². The molecule has 0 aliphatic rings. The molecule has 0 saturated heterocycles. The predicted molar refractivity (Wildman–Crippen MR) is 114 cm³/mol. The highest BCUT2D eigenvalue weighted by Crippen LogP contribution is 2.34. The van der Waals surface area contributed by atoms with Crippen molar-refractivity contribution < 1.29 is 4.39 Å². The van der Waals surface area contributed by atoms with E-state index in [0.717, 1.165) is 23.2 Å². The molecule has 7 nitrogen and oxygen atoms in total. The van der Waals surface area contributed by atoms with Gasteiger partial charge < -0.3 is 9.88 Å². The molecule has 8 heteroatoms. The first-order chi connectivity index (χ1) is 14.5. The summed E-state index contributed by atoms with van der Waals surface area (Å²) in [7, 11) is 5.78. The van der Waals surface area contributed by atoms with Crippen molar-refractivity contribution in [3.63, 3.8) is 0 Å². The van der Waals surface area contributed by atoms with Crippen LogP contribution >= 0.6 is 0 Å². The maximum atomic E-state index is 15.8. The molecule has 0 spiro atoms. The normalized spacial score (nSPS) is 11.8. The zero-order valence-corrected chi connectivity index (χ0v) is 16.9. The standard InChI is InChI=1S/C22H20FN7/c1-29(2)12-13-9-14(11-24-10-13)15-6-7-17-18(19(15)23)20(28-30(17)3)22-26-16-5-4-8-25-21(16)27-22/h4-11H,12H2,1-3H3,(H,25,26,27). The zero-order chi connectivity index (χ0) is 20.8. The van der Waals surface area contributed by atoms with Crippen LogP contribution in [0, 0.1) is 5.82 Å². The van der Waals surface area contributed by atoms with Crippen LogP contribution in [0.3, 0.4) is 0 Å². The second kappa shape index (κ2) is 7.00. The van der Waals surface area contributed by atoms with Gasteiger partial charge in [0.15, 0.2) is 11.5 Å². The molecule has 150 valence electrons. The molecule has 1 N–H and O–H groups in total. The molecule has 30 heavy (non-hydrogen) atoms. The van der Waals surface area contributed by atoms with Crippen LogP contribution in [0.1, 0.15) is 5.56 Å². The van der Waals surface area contributed by atoms with E-state index in [1.165, 1.54) is 0 Å². The molecule has 0 fully saturated rings. The molecular weight excluding hydrogens is 381 g/mol. The minimum Gasteiger partial charge on any atom is -0.335 e. The first-order valence-electron chi connectivity index (χ1n) is 9.56. The number of rotatable bonds is 4. The van der Waals surface area contributed by atoms with Crippen LogP contribution in [-0.4, -0.2) is 48.7 Å². The minimum atomic E-state index is -0.340. The Balaban J connectivity index is 1.70. The van der Waals surface area contributed by atoms with Crippen molar-refractivity contribution in [2.24, 2.45) is 7.05 Å². The van der Waals surface area contributed by atoms with Gasteiger partial charge in [0.25, 0.3) is 0 Å². The lowest BCUT2D eigenvalue weighted by Gasteiger charge is -2.11. The minimum absolute atomic E-state index is 0.340. The van der Waals surface area contributed by atoms with Crippen molar-refractivity contribution in [1.82, 2.24) is 34.6 Å². The second-order valence-electron chi connectivity index (χ2n) is 7.57. The maximum absolute atomic E-state index is 15.8. The Morgan fingerprint density at radius 1 is 1.17 bits per heavy atom. The number of nitrogens with one attached hydrogen (secondary N) is 1. The summed E-state index contributed by atoms with van der Waals surface area (Å²) in [4.78, 5) is 18.3. The fourth-order valence-corrected chi connectivity index (χ4v) is 3.75. The van der Waals surface area contributed by atoms with E-state index < -0.39 is 0 Å². The molecule has 4 heterocycles. The Labute approximate surface area is 172 Å². The number of hydrogen-bond donors (Lipinski definition) is 1. The molecule has 5 rings (SSSR count). The third kappa shape index (κ3) is 3.02. The van der Waals surface area contributed by atoms with E-state index >= 15 is 4.39 Å². The first kappa shape index (κ1) is 18.4. The number of aromatic amines is 1. The van der Waals surface area contributed by atoms with Gasteiger partial charge in [-0.2, -0.15) is 5.10 Å². The molecule has 0 amide bonds. The number of hydrogen-bond acceptors (Lipinski definition) is 5. The van der Waals surface area contributed by atoms with Crippen LogP contribution in [0.25, 0.3) is 44.7 Å². The van der Waals surface area contributed by atoms with Gasteiger partial charge in [0, 0.05) is 43.3 Å². The average molecular weight is 401 g/mol. The Bertz CT molecular complexity index is 1350. The Kier molecular flexibility index (Phi) is 4.29. The van der Waals surface area contributed by atoms with Crippen LogP contribution in [0.4, 0.5) is 4.39 Å². The van der Waals surface area contributed by atoms with Crippen LogP contribution < -0.4 is 0 Å². The first-order valence-corrected chi connectivity index (χ1v) is 9.56. The Morgan fingerprint density at radius 2 is 2.03 bits per heavy atom. The Hall–Kier alpha value is -3.65. The summed E-state index contributed by atoms with van der Waals surface area (Å²) < 4.78 is 17.5. The van der Waals surface area contributed by atoms with Gasteiger partial charge in [0.1, 0.15) is 11.5 Å². The maximum Gasteiger partial charge on any atom is 0.178 e. The van der Waals surface area contributed by atoms with Gasteiger partial charge in [-0.25, -0.2) is 14.4 Å². The summed E-state index contributed by atoms with van der Waals surface area (Å²) in [6.07, 6.45) is 5.16. The number of aryl methyl sites for hydroxylation is 1. The van der Waals surface area contributed by atoms with Gasteiger partial charge in [0.05, 0.1) is 16.4 Å². The van der Waals surface area contributed by atoms with Crippen molar-refractivity contribution in [3.8, 4) is 22.6 Å². The smallest absolute Gasteiger partial charge is 0.178 e. The summed E-state index contributed by atoms with van der Waals surface area (Å²) in [5, 5.41) is 4.96. The lowest BCUT2D eigenvalue weighted by molar-refractivity contribution is 0.402. The van der Waals surface area contributed by atoms with Crippen molar-refractivity contribution in [3.05, 3.63) is 60.3 Å². The van der Waals surface area contributed by atoms with Gasteiger partial charge in [-0.05, 0) is 50.0 Å². The Morgan fingerprint density at radius 3 is 2.83 bits per heavy atom. The lowest BCUT2D eigenvalue weighted by atomic mass is 10.0. The summed E-state index contributed by atoms with van der Waals surface area (Å²) in [5.41, 5.74) is 4.74. The fraction of sp³-hybridized carbons (Fsp3) is 0.182. The van der Waals surface area contributed by atoms with Gasteiger partial charge in [-0.15, -0.1) is 0 Å². The lowest BCUT2D eigenvalue weighted by Crippen LogP contribution is -2.10. The number of H-pyrrole nitrogens is 1. The number of imidazole rings is 1. The van der Waals surface area contributed by atoms with Gasteiger partial charge >= 0.3 is 0 Å². The van der Waals surface area contributed by atoms with Crippen LogP contribution in [0.2, 0.25) is 0 Å². The monoisotopic (exact) mass is 401 g/mol. The molecule has 0 saturated carbocycles. The highest BCUT2D eigenvalue weighted by Gasteiger charge is 2.21. The quantitative estimate of drug-likeness (QED) is 0.496. The van der Waals surface area contributed by atoms with E-state index in [4.69, 9.17) is 0 Å². The van der Waals surface area contributed by atoms with Crippen molar-refractivity contribution in [1.29, 1.82) is 0 Å². The molecule has 4 aromatic heterocycles. The van der Waals surface area contributed by atoms with Gasteiger partial charge in [-0.3, -0.25) is 9.67 Å². The van der Waals surface area contributed by atoms with Crippen molar-refractivity contribution in [2.75, 3.05) is 14.1 Å². The van der Waals surface area contributed by atoms with Crippen LogP contribution in [0.5, 0.6) is 0 Å². The molecule has 0 unspecified atom stereocenters. The molecule has 0 bridgehead atoms. The van der Waals surface area contributed by atoms with E-state index in [2.05, 4.69) is 29.9 Å². The van der Waals surface area contributed by atoms with E-state index in [0.29, 0.717) is 33.6 Å². The largest absolute Gasteiger partial charge is 0.335 e. The number of halogens is 1. The summed E-state index contributed by atoms with van der Waals surface area (Å²) in [6.45, 7) is 0.731. The third-order valence-corrected chi connectivity index (χ3v) is 5.04. The van der Waals surface area contributed by atoms with Crippen molar-refractivity contribution >= 4 is 22.1 Å². The van der Waals surface area contributed by atoms with E-state index in [1.54, 1.807) is 36.4 Å². The predicted octanol–water partition coefficient (Wildman–Crippen LogP) is 3.77. The van der Waals surface area contributed by atoms with Gasteiger partial charge in [-0.1, -0.05) is 0 Å². The van der Waals surface area contributed by atoms with Crippen LogP contribution in [0.15, 0.2) is 48.9 Å². The highest BCUT2D eigenvalue weighted by molar-refractivity contribution is 5.96. The molecule has 0 atom stereocenters. The average Bonchev–Trinajstić information content (AvgIpc) is 3.29. The second-order valence-corrected chi connectivity index (χ2v) is 7.57. The molecule has 1 aromatic carbocycles. The molecule has 5 aromatic rings. The number of benzene rings is 1. The van der Waals surface area contributed by atoms with E-state index in [1.807, 2.05) is 38.4 Å². The third-order valence-electron chi connectivity index (χ3n) is 5.04. The van der Waals surface area contributed by atoms with Gasteiger partial charge in [0.2, 0.25) is 0 Å². The number of nitrogens with zero attached hydrogens (tertiary/aromatic N) is 6. The van der Waals surface area contributed by atoms with Crippen molar-refractivity contribution in [2.45, 2.75) is 6.54 Å². The zero-order valence-electron chi connectivity index (χ0n) is 16.9. The van der Waals surface area contributed by atoms with E-state index in [-0.39, 0.29) is 5.82 Å².